The number of halogens is 1. The fourth-order valence-electron chi connectivity index (χ4n) is 1.48. The van der Waals surface area contributed by atoms with Crippen LogP contribution in [0.4, 0.5) is 0 Å². The van der Waals surface area contributed by atoms with E-state index in [0.29, 0.717) is 0 Å². The average Bonchev–Trinajstić information content (AvgIpc) is 2.12. The van der Waals surface area contributed by atoms with Gasteiger partial charge in [0.05, 0.1) is 0 Å². The van der Waals surface area contributed by atoms with E-state index in [2.05, 4.69) is 80.5 Å². The van der Waals surface area contributed by atoms with Gasteiger partial charge in [-0.05, 0) is 66.1 Å². The summed E-state index contributed by atoms with van der Waals surface area (Å²) in [5.41, 5.74) is 8.70. The van der Waals surface area contributed by atoms with E-state index >= 15 is 0 Å². The summed E-state index contributed by atoms with van der Waals surface area (Å²) in [4.78, 5) is 0. The third-order valence-electron chi connectivity index (χ3n) is 2.60. The van der Waals surface area contributed by atoms with Crippen LogP contribution in [0.15, 0.2) is 6.07 Å². The third-order valence-corrected chi connectivity index (χ3v) is 4.59. The van der Waals surface area contributed by atoms with Crippen molar-refractivity contribution in [2.75, 3.05) is 0 Å². The molecule has 0 nitrogen and oxygen atoms in total. The van der Waals surface area contributed by atoms with E-state index in [0.717, 1.165) is 0 Å². The molecule has 0 atom stereocenters. The van der Waals surface area contributed by atoms with Crippen LogP contribution in [0, 0.1) is 35.8 Å². The number of hydrogen-bond acceptors (Lipinski definition) is 0. The van der Waals surface area contributed by atoms with Crippen LogP contribution in [0.2, 0.25) is 19.6 Å². The number of hydrogen-bond donors (Lipinski definition) is 0. The van der Waals surface area contributed by atoms with Crippen LogP contribution in [0.3, 0.4) is 0 Å². The molecule has 0 spiro atoms. The van der Waals surface area contributed by atoms with Crippen LogP contribution in [0.25, 0.3) is 0 Å². The zero-order valence-corrected chi connectivity index (χ0v) is 14.1. The van der Waals surface area contributed by atoms with Crippen LogP contribution >= 0.6 is 22.6 Å². The Labute approximate surface area is 114 Å². The summed E-state index contributed by atoms with van der Waals surface area (Å²) in [6, 6.07) is 2.23. The second-order valence-corrected chi connectivity index (χ2v) is 11.2. The van der Waals surface area contributed by atoms with Crippen LogP contribution < -0.4 is 0 Å². The standard InChI is InChI=1S/C14H19ISi/c1-10-9-14(15)12(3)11(2)13(10)7-8-16(4,5)6/h9H,1-6H3. The fourth-order valence-corrected chi connectivity index (χ4v) is 2.85. The number of rotatable bonds is 0. The van der Waals surface area contributed by atoms with Gasteiger partial charge in [0.25, 0.3) is 0 Å². The summed E-state index contributed by atoms with van der Waals surface area (Å²) in [7, 11) is -1.28. The first-order chi connectivity index (χ1) is 7.22. The van der Waals surface area contributed by atoms with Gasteiger partial charge in [0.2, 0.25) is 0 Å². The van der Waals surface area contributed by atoms with Gasteiger partial charge < -0.3 is 0 Å². The molecule has 1 aromatic rings. The van der Waals surface area contributed by atoms with Crippen LogP contribution in [0.1, 0.15) is 22.3 Å². The maximum absolute atomic E-state index is 3.45. The van der Waals surface area contributed by atoms with E-state index in [1.807, 2.05) is 0 Å². The molecule has 0 saturated heterocycles. The molecule has 0 N–H and O–H groups in total. The summed E-state index contributed by atoms with van der Waals surface area (Å²) in [5, 5.41) is 0. The largest absolute Gasteiger partial charge is 0.129 e. The molecule has 0 aliphatic carbocycles. The molecular weight excluding hydrogens is 323 g/mol. The van der Waals surface area contributed by atoms with Crippen molar-refractivity contribution in [2.24, 2.45) is 0 Å². The van der Waals surface area contributed by atoms with Crippen molar-refractivity contribution >= 4 is 30.7 Å². The minimum atomic E-state index is -1.28. The highest BCUT2D eigenvalue weighted by atomic mass is 127. The van der Waals surface area contributed by atoms with E-state index < -0.39 is 8.07 Å². The van der Waals surface area contributed by atoms with Gasteiger partial charge in [-0.25, -0.2) is 0 Å². The van der Waals surface area contributed by atoms with Crippen LogP contribution in [-0.4, -0.2) is 8.07 Å². The van der Waals surface area contributed by atoms with Gasteiger partial charge >= 0.3 is 0 Å². The van der Waals surface area contributed by atoms with Gasteiger partial charge in [-0.2, -0.15) is 0 Å². The highest BCUT2D eigenvalue weighted by Gasteiger charge is 2.10. The summed E-state index contributed by atoms with van der Waals surface area (Å²) < 4.78 is 1.34. The van der Waals surface area contributed by atoms with Crippen molar-refractivity contribution in [3.63, 3.8) is 0 Å². The molecule has 2 heteroatoms. The predicted molar refractivity (Wildman–Crippen MR) is 83.6 cm³/mol. The van der Waals surface area contributed by atoms with Crippen molar-refractivity contribution in [1.82, 2.24) is 0 Å². The van der Waals surface area contributed by atoms with Crippen molar-refractivity contribution in [3.8, 4) is 11.5 Å². The van der Waals surface area contributed by atoms with Gasteiger partial charge in [0, 0.05) is 9.13 Å². The second kappa shape index (κ2) is 4.93. The minimum absolute atomic E-state index is 1.24. The van der Waals surface area contributed by atoms with Crippen molar-refractivity contribution in [3.05, 3.63) is 31.9 Å². The van der Waals surface area contributed by atoms with Gasteiger partial charge in [-0.15, -0.1) is 5.54 Å². The zero-order chi connectivity index (χ0) is 12.5. The highest BCUT2D eigenvalue weighted by Crippen LogP contribution is 2.22. The monoisotopic (exact) mass is 342 g/mol. The van der Waals surface area contributed by atoms with Crippen molar-refractivity contribution in [1.29, 1.82) is 0 Å². The summed E-state index contributed by atoms with van der Waals surface area (Å²) >= 11 is 2.40. The van der Waals surface area contributed by atoms with Crippen molar-refractivity contribution < 1.29 is 0 Å². The molecular formula is C14H19ISi. The fraction of sp³-hybridized carbons (Fsp3) is 0.429. The number of benzene rings is 1. The predicted octanol–water partition coefficient (Wildman–Crippen LogP) is 4.45. The Kier molecular flexibility index (Phi) is 4.25. The molecule has 0 aliphatic rings. The smallest absolute Gasteiger partial charge is 0.127 e. The maximum atomic E-state index is 3.45. The van der Waals surface area contributed by atoms with Gasteiger partial charge in [-0.1, -0.05) is 25.6 Å². The van der Waals surface area contributed by atoms with Gasteiger partial charge in [0.15, 0.2) is 0 Å². The first kappa shape index (κ1) is 13.8. The molecule has 0 saturated carbocycles. The molecule has 86 valence electrons. The van der Waals surface area contributed by atoms with Crippen LogP contribution in [0.5, 0.6) is 0 Å². The van der Waals surface area contributed by atoms with Crippen LogP contribution in [-0.2, 0) is 0 Å². The quantitative estimate of drug-likeness (QED) is 0.371. The summed E-state index contributed by atoms with van der Waals surface area (Å²) in [6.45, 7) is 13.4. The third kappa shape index (κ3) is 3.36. The molecule has 0 heterocycles. The molecule has 0 unspecified atom stereocenters. The normalized spacial score (nSPS) is 10.9. The summed E-state index contributed by atoms with van der Waals surface area (Å²) in [6.07, 6.45) is 0. The molecule has 0 fully saturated rings. The number of aryl methyl sites for hydroxylation is 1. The lowest BCUT2D eigenvalue weighted by atomic mass is 9.99. The van der Waals surface area contributed by atoms with E-state index in [4.69, 9.17) is 0 Å². The second-order valence-electron chi connectivity index (χ2n) is 5.30. The first-order valence-corrected chi connectivity index (χ1v) is 10.1. The molecule has 0 bridgehead atoms. The lowest BCUT2D eigenvalue weighted by molar-refractivity contribution is 1.25. The Bertz CT molecular complexity index is 470. The average molecular weight is 342 g/mol. The maximum Gasteiger partial charge on any atom is 0.129 e. The Morgan fingerprint density at radius 2 is 1.62 bits per heavy atom. The molecule has 1 aromatic carbocycles. The molecule has 0 aromatic heterocycles. The lowest BCUT2D eigenvalue weighted by Crippen LogP contribution is -2.16. The molecule has 0 aliphatic heterocycles. The summed E-state index contributed by atoms with van der Waals surface area (Å²) in [5.74, 6) is 3.40. The van der Waals surface area contributed by atoms with E-state index in [-0.39, 0.29) is 0 Å². The SMILES string of the molecule is Cc1cc(I)c(C)c(C)c1C#C[Si](C)(C)C. The van der Waals surface area contributed by atoms with E-state index in [1.165, 1.54) is 25.8 Å². The van der Waals surface area contributed by atoms with Gasteiger partial charge in [0.1, 0.15) is 8.07 Å². The lowest BCUT2D eigenvalue weighted by Gasteiger charge is -2.10. The Balaban J connectivity index is 3.34. The van der Waals surface area contributed by atoms with E-state index in [1.54, 1.807) is 0 Å². The highest BCUT2D eigenvalue weighted by molar-refractivity contribution is 14.1. The minimum Gasteiger partial charge on any atom is -0.127 e. The molecule has 1 rings (SSSR count). The Hall–Kier alpha value is -0.273. The molecule has 16 heavy (non-hydrogen) atoms. The zero-order valence-electron chi connectivity index (χ0n) is 11.0. The van der Waals surface area contributed by atoms with E-state index in [9.17, 15) is 0 Å². The Morgan fingerprint density at radius 1 is 1.06 bits per heavy atom. The first-order valence-electron chi connectivity index (χ1n) is 5.52. The molecule has 0 radical (unpaired) electrons. The van der Waals surface area contributed by atoms with Crippen molar-refractivity contribution in [2.45, 2.75) is 40.4 Å². The van der Waals surface area contributed by atoms with Gasteiger partial charge in [-0.3, -0.25) is 0 Å². The Morgan fingerprint density at radius 3 is 2.12 bits per heavy atom. The molecule has 0 amide bonds. The topological polar surface area (TPSA) is 0 Å².